The largest absolute Gasteiger partial charge is 0.497 e. The Labute approximate surface area is 254 Å². The van der Waals surface area contributed by atoms with Crippen LogP contribution in [-0.2, 0) is 29.6 Å². The molecule has 232 valence electrons. The summed E-state index contributed by atoms with van der Waals surface area (Å²) in [7, 11) is -1.25. The van der Waals surface area contributed by atoms with Gasteiger partial charge in [-0.25, -0.2) is 9.93 Å². The molecule has 1 aliphatic heterocycles. The van der Waals surface area contributed by atoms with Crippen molar-refractivity contribution in [3.05, 3.63) is 128 Å². The van der Waals surface area contributed by atoms with Gasteiger partial charge in [-0.1, -0.05) is 54.6 Å². The van der Waals surface area contributed by atoms with E-state index in [0.29, 0.717) is 11.5 Å². The topological polar surface area (TPSA) is 161 Å². The number of nitrogens with one attached hydrogen (secondary N) is 1. The maximum absolute atomic E-state index is 12.6. The number of methoxy groups -OCH3 is 2. The summed E-state index contributed by atoms with van der Waals surface area (Å²) in [5.41, 5.74) is 0.0878. The summed E-state index contributed by atoms with van der Waals surface area (Å²) in [6.07, 6.45) is -1.76. The molecule has 1 fully saturated rings. The first-order valence-electron chi connectivity index (χ1n) is 13.7. The highest BCUT2D eigenvalue weighted by Gasteiger charge is 2.44. The van der Waals surface area contributed by atoms with Crippen LogP contribution < -0.4 is 25.9 Å². The fourth-order valence-corrected chi connectivity index (χ4v) is 5.92. The average molecular weight is 624 g/mol. The SMILES string of the molecule is COc1ccc(C(OC[C@H]2O[C@@H](n3cc(C)c(=O)[nH]c3=O)C[C@@H]2OS(N)(=O)=O)(c2ccccc2)c2ccc(OC)cc2)cc1. The van der Waals surface area contributed by atoms with E-state index in [2.05, 4.69) is 4.98 Å². The van der Waals surface area contributed by atoms with Crippen LogP contribution in [0, 0.1) is 6.92 Å². The number of ether oxygens (including phenoxy) is 4. The third-order valence-electron chi connectivity index (χ3n) is 7.53. The van der Waals surface area contributed by atoms with E-state index in [1.807, 2.05) is 78.9 Å². The molecule has 5 rings (SSSR count). The van der Waals surface area contributed by atoms with Crippen molar-refractivity contribution in [2.45, 2.75) is 37.4 Å². The van der Waals surface area contributed by atoms with Gasteiger partial charge in [0.2, 0.25) is 0 Å². The monoisotopic (exact) mass is 623 g/mol. The number of aromatic amines is 1. The standard InChI is InChI=1S/C31H33N3O9S/c1-20-18-34(30(36)33-29(20)35)28-17-26(43-44(32,37)38)27(42-28)19-41-31(21-7-5-4-6-8-21,22-9-13-24(39-2)14-10-22)23-11-15-25(40-3)16-12-23/h4-16,18,26-28H,17,19H2,1-3H3,(H2,32,37,38)(H,33,35,36)/t26-,27+,28+/m0/s1. The number of aromatic nitrogens is 2. The Kier molecular flexibility index (Phi) is 9.04. The van der Waals surface area contributed by atoms with Gasteiger partial charge in [0.05, 0.1) is 20.8 Å². The van der Waals surface area contributed by atoms with Gasteiger partial charge in [-0.15, -0.1) is 0 Å². The van der Waals surface area contributed by atoms with Crippen molar-refractivity contribution in [2.24, 2.45) is 5.14 Å². The first-order valence-corrected chi connectivity index (χ1v) is 15.2. The van der Waals surface area contributed by atoms with Crippen molar-refractivity contribution in [1.82, 2.24) is 9.55 Å². The van der Waals surface area contributed by atoms with Crippen LogP contribution in [0.1, 0.15) is 34.9 Å². The summed E-state index contributed by atoms with van der Waals surface area (Å²) in [6.45, 7) is 1.36. The maximum atomic E-state index is 12.6. The lowest BCUT2D eigenvalue weighted by Crippen LogP contribution is -2.39. The normalized spacial score (nSPS) is 18.7. The zero-order valence-electron chi connectivity index (χ0n) is 24.3. The molecule has 4 aromatic rings. The molecule has 1 aliphatic rings. The van der Waals surface area contributed by atoms with Crippen LogP contribution in [0.25, 0.3) is 0 Å². The quantitative estimate of drug-likeness (QED) is 0.239. The molecule has 0 bridgehead atoms. The summed E-state index contributed by atoms with van der Waals surface area (Å²) in [5.74, 6) is 1.30. The molecule has 0 saturated carbocycles. The third-order valence-corrected chi connectivity index (χ3v) is 8.05. The number of rotatable bonds is 11. The number of hydrogen-bond donors (Lipinski definition) is 2. The highest BCUT2D eigenvalue weighted by Crippen LogP contribution is 2.43. The number of nitrogens with zero attached hydrogens (tertiary/aromatic N) is 1. The molecule has 3 N–H and O–H groups in total. The van der Waals surface area contributed by atoms with Crippen molar-refractivity contribution < 1.29 is 31.5 Å². The Hall–Kier alpha value is -4.27. The maximum Gasteiger partial charge on any atom is 0.333 e. The molecule has 1 saturated heterocycles. The minimum absolute atomic E-state index is 0.0563. The number of hydrogen-bond acceptors (Lipinski definition) is 9. The molecule has 0 unspecified atom stereocenters. The fourth-order valence-electron chi connectivity index (χ4n) is 5.38. The molecule has 3 atom stereocenters. The molecular formula is C31H33N3O9S. The summed E-state index contributed by atoms with van der Waals surface area (Å²) in [4.78, 5) is 26.8. The zero-order chi connectivity index (χ0) is 31.5. The van der Waals surface area contributed by atoms with Gasteiger partial charge in [0.15, 0.2) is 0 Å². The third kappa shape index (κ3) is 6.47. The van der Waals surface area contributed by atoms with Crippen molar-refractivity contribution in [3.8, 4) is 11.5 Å². The van der Waals surface area contributed by atoms with E-state index in [9.17, 15) is 18.0 Å². The van der Waals surface area contributed by atoms with Crippen LogP contribution in [0.15, 0.2) is 94.6 Å². The van der Waals surface area contributed by atoms with Crippen molar-refractivity contribution in [1.29, 1.82) is 0 Å². The summed E-state index contributed by atoms with van der Waals surface area (Å²) < 4.78 is 54.3. The molecular weight excluding hydrogens is 590 g/mol. The molecule has 1 aromatic heterocycles. The van der Waals surface area contributed by atoms with Gasteiger partial charge < -0.3 is 18.9 Å². The van der Waals surface area contributed by atoms with Crippen molar-refractivity contribution >= 4 is 10.3 Å². The molecule has 13 heteroatoms. The fraction of sp³-hybridized carbons (Fsp3) is 0.290. The van der Waals surface area contributed by atoms with Gasteiger partial charge in [0, 0.05) is 18.2 Å². The lowest BCUT2D eigenvalue weighted by atomic mass is 9.80. The molecule has 2 heterocycles. The lowest BCUT2D eigenvalue weighted by molar-refractivity contribution is -0.0911. The van der Waals surface area contributed by atoms with E-state index >= 15 is 0 Å². The molecule has 0 spiro atoms. The van der Waals surface area contributed by atoms with E-state index in [-0.39, 0.29) is 18.6 Å². The number of aryl methyl sites for hydroxylation is 1. The van der Waals surface area contributed by atoms with E-state index in [4.69, 9.17) is 28.3 Å². The van der Waals surface area contributed by atoms with E-state index in [1.54, 1.807) is 21.1 Å². The Morgan fingerprint density at radius 3 is 1.98 bits per heavy atom. The molecule has 0 radical (unpaired) electrons. The van der Waals surface area contributed by atoms with Crippen molar-refractivity contribution in [3.63, 3.8) is 0 Å². The van der Waals surface area contributed by atoms with Gasteiger partial charge >= 0.3 is 16.0 Å². The summed E-state index contributed by atoms with van der Waals surface area (Å²) >= 11 is 0. The Morgan fingerprint density at radius 1 is 0.909 bits per heavy atom. The van der Waals surface area contributed by atoms with E-state index in [0.717, 1.165) is 16.7 Å². The number of H-pyrrole nitrogens is 1. The lowest BCUT2D eigenvalue weighted by Gasteiger charge is -2.37. The summed E-state index contributed by atoms with van der Waals surface area (Å²) in [6, 6.07) is 24.3. The smallest absolute Gasteiger partial charge is 0.333 e. The molecule has 44 heavy (non-hydrogen) atoms. The highest BCUT2D eigenvalue weighted by atomic mass is 32.2. The van der Waals surface area contributed by atoms with Crippen LogP contribution in [0.5, 0.6) is 11.5 Å². The first-order chi connectivity index (χ1) is 21.0. The minimum atomic E-state index is -4.41. The second-order valence-electron chi connectivity index (χ2n) is 10.3. The first kappa shape index (κ1) is 31.2. The molecule has 0 amide bonds. The van der Waals surface area contributed by atoms with Crippen LogP contribution >= 0.6 is 0 Å². The second kappa shape index (κ2) is 12.8. The number of benzene rings is 3. The van der Waals surface area contributed by atoms with Crippen LogP contribution in [0.2, 0.25) is 0 Å². The minimum Gasteiger partial charge on any atom is -0.497 e. The molecule has 0 aliphatic carbocycles. The van der Waals surface area contributed by atoms with Crippen molar-refractivity contribution in [2.75, 3.05) is 20.8 Å². The summed E-state index contributed by atoms with van der Waals surface area (Å²) in [5, 5.41) is 5.26. The average Bonchev–Trinajstić information content (AvgIpc) is 3.41. The Bertz CT molecular complexity index is 1760. The van der Waals surface area contributed by atoms with Crippen LogP contribution in [0.3, 0.4) is 0 Å². The predicted octanol–water partition coefficient (Wildman–Crippen LogP) is 2.75. The van der Waals surface area contributed by atoms with Gasteiger partial charge in [-0.3, -0.25) is 18.5 Å². The van der Waals surface area contributed by atoms with E-state index in [1.165, 1.54) is 10.8 Å². The molecule has 12 nitrogen and oxygen atoms in total. The van der Waals surface area contributed by atoms with Gasteiger partial charge in [-0.2, -0.15) is 8.42 Å². The zero-order valence-corrected chi connectivity index (χ0v) is 25.2. The molecule has 3 aromatic carbocycles. The Morgan fingerprint density at radius 2 is 1.45 bits per heavy atom. The Balaban J connectivity index is 1.59. The number of nitrogens with two attached hydrogens (primary N) is 1. The second-order valence-corrected chi connectivity index (χ2v) is 11.5. The van der Waals surface area contributed by atoms with E-state index < -0.39 is 45.6 Å². The highest BCUT2D eigenvalue weighted by molar-refractivity contribution is 7.84. The van der Waals surface area contributed by atoms with Gasteiger partial charge in [0.1, 0.15) is 35.5 Å². The van der Waals surface area contributed by atoms with Crippen LogP contribution in [0.4, 0.5) is 0 Å². The van der Waals surface area contributed by atoms with Crippen LogP contribution in [-0.4, -0.2) is 51.0 Å². The van der Waals surface area contributed by atoms with Gasteiger partial charge in [0.25, 0.3) is 5.56 Å². The van der Waals surface area contributed by atoms with Gasteiger partial charge in [-0.05, 0) is 47.9 Å². The predicted molar refractivity (Wildman–Crippen MR) is 161 cm³/mol.